The van der Waals surface area contributed by atoms with Crippen LogP contribution >= 0.6 is 0 Å². The van der Waals surface area contributed by atoms with Crippen LogP contribution < -0.4 is 0 Å². The second-order valence-electron chi connectivity index (χ2n) is 14.9. The van der Waals surface area contributed by atoms with Gasteiger partial charge in [0, 0.05) is 19.3 Å². The van der Waals surface area contributed by atoms with E-state index >= 15 is 0 Å². The van der Waals surface area contributed by atoms with Gasteiger partial charge in [-0.3, -0.25) is 9.59 Å². The number of allylic oxidation sites excluding steroid dienone is 16. The minimum absolute atomic E-state index is 0.0210. The number of aliphatic carboxylic acids is 1. The summed E-state index contributed by atoms with van der Waals surface area (Å²) < 4.78 is 17.1. The molecule has 0 aromatic rings. The summed E-state index contributed by atoms with van der Waals surface area (Å²) in [4.78, 5) is 36.8. The van der Waals surface area contributed by atoms with Crippen molar-refractivity contribution in [2.24, 2.45) is 0 Å². The van der Waals surface area contributed by atoms with E-state index in [1.54, 1.807) is 0 Å². The molecule has 8 heteroatoms. The van der Waals surface area contributed by atoms with Gasteiger partial charge >= 0.3 is 17.9 Å². The van der Waals surface area contributed by atoms with Gasteiger partial charge in [0.25, 0.3) is 0 Å². The number of hydrogen-bond acceptors (Lipinski definition) is 6. The maximum absolute atomic E-state index is 12.7. The molecule has 8 nitrogen and oxygen atoms in total. The van der Waals surface area contributed by atoms with E-state index in [0.717, 1.165) is 64.2 Å². The van der Waals surface area contributed by atoms with E-state index in [1.165, 1.54) is 25.7 Å². The number of esters is 2. The van der Waals surface area contributed by atoms with E-state index in [2.05, 4.69) is 111 Å². The van der Waals surface area contributed by atoms with Gasteiger partial charge < -0.3 is 23.8 Å². The second kappa shape index (κ2) is 38.1. The van der Waals surface area contributed by atoms with Crippen LogP contribution in [-0.4, -0.2) is 80.6 Å². The van der Waals surface area contributed by atoms with Gasteiger partial charge in [-0.05, 0) is 89.9 Å². The van der Waals surface area contributed by atoms with Gasteiger partial charge in [0.1, 0.15) is 6.61 Å². The molecular formula is C48H78NO7+. The van der Waals surface area contributed by atoms with Crippen LogP contribution in [-0.2, 0) is 28.6 Å². The van der Waals surface area contributed by atoms with Crippen molar-refractivity contribution < 1.29 is 38.2 Å². The predicted molar refractivity (Wildman–Crippen MR) is 233 cm³/mol. The Labute approximate surface area is 341 Å². The molecule has 0 bridgehead atoms. The average Bonchev–Trinajstić information content (AvgIpc) is 3.15. The van der Waals surface area contributed by atoms with Crippen LogP contribution in [0.1, 0.15) is 136 Å². The average molecular weight is 781 g/mol. The molecule has 0 aromatic heterocycles. The molecule has 0 saturated heterocycles. The van der Waals surface area contributed by atoms with Crippen LogP contribution in [0.15, 0.2) is 97.2 Å². The highest BCUT2D eigenvalue weighted by Gasteiger charge is 2.31. The largest absolute Gasteiger partial charge is 0.477 e. The number of likely N-dealkylation sites (N-methyl/N-ethyl adjacent to an activating group) is 1. The number of ether oxygens (including phenoxy) is 3. The van der Waals surface area contributed by atoms with Gasteiger partial charge in [-0.15, -0.1) is 0 Å². The van der Waals surface area contributed by atoms with Crippen molar-refractivity contribution in [3.63, 3.8) is 0 Å². The summed E-state index contributed by atoms with van der Waals surface area (Å²) in [6.07, 6.45) is 50.4. The molecule has 2 unspecified atom stereocenters. The van der Waals surface area contributed by atoms with Gasteiger partial charge in [0.15, 0.2) is 12.1 Å². The first kappa shape index (κ1) is 52.2. The van der Waals surface area contributed by atoms with Crippen LogP contribution in [0.3, 0.4) is 0 Å². The monoisotopic (exact) mass is 781 g/mol. The van der Waals surface area contributed by atoms with Crippen molar-refractivity contribution in [3.8, 4) is 0 Å². The first-order chi connectivity index (χ1) is 27.1. The number of carboxylic acids is 1. The highest BCUT2D eigenvalue weighted by molar-refractivity contribution is 5.72. The molecule has 316 valence electrons. The van der Waals surface area contributed by atoms with Crippen molar-refractivity contribution in [2.75, 3.05) is 41.0 Å². The number of carbonyl (C=O) groups excluding carboxylic acids is 2. The molecular weight excluding hydrogens is 703 g/mol. The number of rotatable bonds is 36. The van der Waals surface area contributed by atoms with Crippen LogP contribution in [0.2, 0.25) is 0 Å². The summed E-state index contributed by atoms with van der Waals surface area (Å²) >= 11 is 0. The van der Waals surface area contributed by atoms with Crippen molar-refractivity contribution in [1.82, 2.24) is 0 Å². The molecule has 0 spiro atoms. The Bertz CT molecular complexity index is 1230. The quantitative estimate of drug-likeness (QED) is 0.0292. The predicted octanol–water partition coefficient (Wildman–Crippen LogP) is 11.5. The molecule has 0 fully saturated rings. The lowest BCUT2D eigenvalue weighted by molar-refractivity contribution is -0.887. The van der Waals surface area contributed by atoms with Crippen LogP contribution in [0.25, 0.3) is 0 Å². The van der Waals surface area contributed by atoms with Gasteiger partial charge in [-0.25, -0.2) is 4.79 Å². The van der Waals surface area contributed by atoms with Crippen molar-refractivity contribution in [2.45, 2.75) is 148 Å². The van der Waals surface area contributed by atoms with E-state index < -0.39 is 18.1 Å². The number of carbonyl (C=O) groups is 3. The molecule has 0 aliphatic heterocycles. The zero-order chi connectivity index (χ0) is 41.4. The lowest BCUT2D eigenvalue weighted by Crippen LogP contribution is -2.50. The molecule has 0 heterocycles. The van der Waals surface area contributed by atoms with E-state index in [1.807, 2.05) is 21.1 Å². The summed E-state index contributed by atoms with van der Waals surface area (Å²) in [5.74, 6) is -1.61. The molecule has 56 heavy (non-hydrogen) atoms. The Morgan fingerprint density at radius 3 is 1.46 bits per heavy atom. The Kier molecular flexibility index (Phi) is 35.6. The zero-order valence-corrected chi connectivity index (χ0v) is 35.8. The van der Waals surface area contributed by atoms with Crippen LogP contribution in [0.4, 0.5) is 0 Å². The minimum Gasteiger partial charge on any atom is -0.477 e. The fraction of sp³-hybridized carbons (Fsp3) is 0.604. The molecule has 2 atom stereocenters. The van der Waals surface area contributed by atoms with Crippen LogP contribution in [0, 0.1) is 0 Å². The smallest absolute Gasteiger partial charge is 0.362 e. The summed E-state index contributed by atoms with van der Waals surface area (Å²) in [6, 6.07) is -0.635. The number of quaternary nitrogens is 1. The minimum atomic E-state index is -0.894. The van der Waals surface area contributed by atoms with Crippen molar-refractivity contribution in [3.05, 3.63) is 97.2 Å². The molecule has 0 aliphatic rings. The lowest BCUT2D eigenvalue weighted by atomic mass is 10.1. The Morgan fingerprint density at radius 2 is 1.00 bits per heavy atom. The van der Waals surface area contributed by atoms with E-state index in [9.17, 15) is 19.5 Å². The van der Waals surface area contributed by atoms with E-state index in [0.29, 0.717) is 19.3 Å². The maximum Gasteiger partial charge on any atom is 0.362 e. The van der Waals surface area contributed by atoms with Crippen molar-refractivity contribution in [1.29, 1.82) is 0 Å². The summed E-state index contributed by atoms with van der Waals surface area (Å²) in [5, 5.41) is 9.60. The summed E-state index contributed by atoms with van der Waals surface area (Å²) in [7, 11) is 5.48. The zero-order valence-electron chi connectivity index (χ0n) is 35.8. The molecule has 0 radical (unpaired) electrons. The number of unbranched alkanes of at least 4 members (excludes halogenated alkanes) is 6. The van der Waals surface area contributed by atoms with Crippen LogP contribution in [0.5, 0.6) is 0 Å². The number of nitrogens with zero attached hydrogens (tertiary/aromatic N) is 1. The highest BCUT2D eigenvalue weighted by Crippen LogP contribution is 2.11. The maximum atomic E-state index is 12.7. The topological polar surface area (TPSA) is 99.1 Å². The molecule has 0 aromatic carbocycles. The first-order valence-electron chi connectivity index (χ1n) is 21.3. The first-order valence-corrected chi connectivity index (χ1v) is 21.3. The van der Waals surface area contributed by atoms with Gasteiger partial charge in [0.05, 0.1) is 34.4 Å². The third kappa shape index (κ3) is 35.9. The second-order valence-corrected chi connectivity index (χ2v) is 14.9. The molecule has 0 amide bonds. The Hall–Kier alpha value is -3.75. The van der Waals surface area contributed by atoms with Gasteiger partial charge in [0.2, 0.25) is 0 Å². The van der Waals surface area contributed by atoms with Gasteiger partial charge in [-0.1, -0.05) is 124 Å². The Morgan fingerprint density at radius 1 is 0.554 bits per heavy atom. The number of hydrogen-bond donors (Lipinski definition) is 1. The number of carboxylic acid groups (broad SMARTS) is 1. The fourth-order valence-corrected chi connectivity index (χ4v) is 5.43. The van der Waals surface area contributed by atoms with E-state index in [-0.39, 0.29) is 49.1 Å². The Balaban J connectivity index is 4.50. The SMILES string of the molecule is CC/C=C/C/C=C/C/C=C/CCCC(=O)OCC(COCCC(C(=O)O)[N+](C)(C)C)OC(=O)CCCC/C=C/C/C=C/C/C=C/C/C=C/C/C=C/CCCCC. The standard InChI is InChI=1S/C48H77NO7/c1-6-8-10-12-14-16-18-19-20-21-22-23-24-25-26-27-29-31-33-35-37-39-47(51)56-44(42-54-41-40-45(48(52)53)49(3,4)5)43-55-46(50)38-36-34-32-30-28-17-15-13-11-9-7-2/h9,11,14-17,19-20,22-23,25-26,29-32,44-45H,6-8,10,12-13,18,21,24,27-28,33-43H2,1-5H3/p+1/b11-9+,16-14+,17-15+,20-19+,23-22+,26-25+,31-29+,32-30+. The molecule has 0 aliphatic carbocycles. The third-order valence-electron chi connectivity index (χ3n) is 8.72. The van der Waals surface area contributed by atoms with Crippen molar-refractivity contribution >= 4 is 17.9 Å². The third-order valence-corrected chi connectivity index (χ3v) is 8.72. The fourth-order valence-electron chi connectivity index (χ4n) is 5.43. The molecule has 0 saturated carbocycles. The summed E-state index contributed by atoms with van der Waals surface area (Å²) in [5.41, 5.74) is 0. The normalized spacial score (nSPS) is 13.9. The summed E-state index contributed by atoms with van der Waals surface area (Å²) in [6.45, 7) is 4.45. The van der Waals surface area contributed by atoms with Gasteiger partial charge in [-0.2, -0.15) is 0 Å². The van der Waals surface area contributed by atoms with E-state index in [4.69, 9.17) is 14.2 Å². The highest BCUT2D eigenvalue weighted by atomic mass is 16.6. The lowest BCUT2D eigenvalue weighted by Gasteiger charge is -2.31. The molecule has 0 rings (SSSR count). The molecule has 1 N–H and O–H groups in total.